The molecule has 0 amide bonds. The quantitative estimate of drug-likeness (QED) is 0.540. The van der Waals surface area contributed by atoms with E-state index in [0.29, 0.717) is 54.6 Å². The first kappa shape index (κ1) is 20.1. The number of nitrogens with zero attached hydrogens (tertiary/aromatic N) is 4. The molecule has 1 saturated carbocycles. The number of hydrogen-bond donors (Lipinski definition) is 3. The number of rotatable bonds is 5. The number of pyridine rings is 1. The molecular weight excluding hydrogens is 426 g/mol. The third kappa shape index (κ3) is 3.87. The van der Waals surface area contributed by atoms with Crippen molar-refractivity contribution in [2.24, 2.45) is 0 Å². The predicted molar refractivity (Wildman–Crippen MR) is 126 cm³/mol. The Kier molecular flexibility index (Phi) is 5.28. The van der Waals surface area contributed by atoms with Crippen molar-refractivity contribution in [1.82, 2.24) is 25.3 Å². The summed E-state index contributed by atoms with van der Waals surface area (Å²) in [6.07, 6.45) is 6.33. The molecule has 2 aliphatic heterocycles. The van der Waals surface area contributed by atoms with Gasteiger partial charge in [-0.05, 0) is 38.3 Å². The molecule has 3 N–H and O–H groups in total. The molecule has 3 aliphatic rings. The minimum atomic E-state index is -0.159. The molecule has 10 heteroatoms. The van der Waals surface area contributed by atoms with Crippen LogP contribution < -0.4 is 21.1 Å². The fourth-order valence-electron chi connectivity index (χ4n) is 4.49. The molecule has 0 bridgehead atoms. The number of fused-ring (bicyclic) bond motifs is 1. The van der Waals surface area contributed by atoms with Crippen LogP contribution in [-0.2, 0) is 4.74 Å². The van der Waals surface area contributed by atoms with Crippen LogP contribution in [0.15, 0.2) is 17.1 Å². The second kappa shape index (κ2) is 8.42. The topological polar surface area (TPSA) is 108 Å². The molecule has 3 aromatic rings. The summed E-state index contributed by atoms with van der Waals surface area (Å²) in [5, 5.41) is 7.69. The van der Waals surface area contributed by atoms with E-state index in [-0.39, 0.29) is 11.6 Å². The summed E-state index contributed by atoms with van der Waals surface area (Å²) in [6.45, 7) is 4.58. The lowest BCUT2D eigenvalue weighted by molar-refractivity contribution is 0.122. The number of hydrogen-bond acceptors (Lipinski definition) is 9. The van der Waals surface area contributed by atoms with Gasteiger partial charge in [-0.15, -0.1) is 11.3 Å². The minimum absolute atomic E-state index is 0.159. The zero-order chi connectivity index (χ0) is 21.5. The van der Waals surface area contributed by atoms with E-state index in [4.69, 9.17) is 14.7 Å². The average Bonchev–Trinajstić information content (AvgIpc) is 3.58. The van der Waals surface area contributed by atoms with Crippen molar-refractivity contribution >= 4 is 33.3 Å². The third-order valence-electron chi connectivity index (χ3n) is 6.37. The second-order valence-electron chi connectivity index (χ2n) is 8.74. The van der Waals surface area contributed by atoms with Crippen molar-refractivity contribution in [3.8, 4) is 10.6 Å². The minimum Gasteiger partial charge on any atom is -0.378 e. The number of piperidine rings is 1. The van der Waals surface area contributed by atoms with Gasteiger partial charge in [0.25, 0.3) is 5.56 Å². The van der Waals surface area contributed by atoms with Crippen LogP contribution >= 0.6 is 11.3 Å². The molecular formula is C22H27N7O2S. The van der Waals surface area contributed by atoms with Gasteiger partial charge in [-0.3, -0.25) is 14.8 Å². The number of anilines is 2. The number of aromatic amines is 1. The fourth-order valence-corrected chi connectivity index (χ4v) is 5.51. The Balaban J connectivity index is 1.44. The van der Waals surface area contributed by atoms with Gasteiger partial charge < -0.3 is 20.3 Å². The van der Waals surface area contributed by atoms with Crippen molar-refractivity contribution in [3.63, 3.8) is 0 Å². The molecule has 0 aromatic carbocycles. The van der Waals surface area contributed by atoms with Crippen LogP contribution in [0.2, 0.25) is 0 Å². The number of aromatic nitrogens is 4. The molecule has 0 spiro atoms. The molecule has 1 atom stereocenters. The SMILES string of the molecule is O=c1[nH]c(N2CCOCC2)nc(N[C@@H]2CCCNC2)c1-c1nc2c(C3CC3)nccc2s1. The van der Waals surface area contributed by atoms with E-state index in [2.05, 4.69) is 25.5 Å². The highest BCUT2D eigenvalue weighted by Gasteiger charge is 2.29. The predicted octanol–water partition coefficient (Wildman–Crippen LogP) is 2.32. The van der Waals surface area contributed by atoms with E-state index < -0.39 is 0 Å². The Morgan fingerprint density at radius 1 is 1.19 bits per heavy atom. The molecule has 32 heavy (non-hydrogen) atoms. The molecule has 6 rings (SSSR count). The van der Waals surface area contributed by atoms with E-state index in [1.807, 2.05) is 12.3 Å². The van der Waals surface area contributed by atoms with Gasteiger partial charge in [0.15, 0.2) is 0 Å². The highest BCUT2D eigenvalue weighted by Crippen LogP contribution is 2.43. The Hall–Kier alpha value is -2.56. The highest BCUT2D eigenvalue weighted by molar-refractivity contribution is 7.21. The summed E-state index contributed by atoms with van der Waals surface area (Å²) in [4.78, 5) is 32.9. The van der Waals surface area contributed by atoms with E-state index in [9.17, 15) is 4.79 Å². The third-order valence-corrected chi connectivity index (χ3v) is 7.41. The summed E-state index contributed by atoms with van der Waals surface area (Å²) < 4.78 is 6.53. The zero-order valence-corrected chi connectivity index (χ0v) is 18.7. The Labute approximate surface area is 189 Å². The second-order valence-corrected chi connectivity index (χ2v) is 9.77. The zero-order valence-electron chi connectivity index (χ0n) is 17.9. The molecule has 5 heterocycles. The maximum absolute atomic E-state index is 13.4. The largest absolute Gasteiger partial charge is 0.378 e. The summed E-state index contributed by atoms with van der Waals surface area (Å²) in [5.41, 5.74) is 2.35. The highest BCUT2D eigenvalue weighted by atomic mass is 32.1. The van der Waals surface area contributed by atoms with E-state index in [0.717, 1.165) is 54.7 Å². The molecule has 3 aromatic heterocycles. The van der Waals surface area contributed by atoms with E-state index in [1.54, 1.807) is 11.3 Å². The summed E-state index contributed by atoms with van der Waals surface area (Å²) >= 11 is 1.54. The first-order chi connectivity index (χ1) is 15.8. The number of nitrogens with one attached hydrogen (secondary N) is 3. The molecule has 9 nitrogen and oxygen atoms in total. The summed E-state index contributed by atoms with van der Waals surface area (Å²) in [6, 6.07) is 2.22. The van der Waals surface area contributed by atoms with Gasteiger partial charge in [-0.25, -0.2) is 4.98 Å². The van der Waals surface area contributed by atoms with Gasteiger partial charge >= 0.3 is 0 Å². The number of ether oxygens (including phenoxy) is 1. The van der Waals surface area contributed by atoms with Crippen molar-refractivity contribution in [2.75, 3.05) is 49.6 Å². The van der Waals surface area contributed by atoms with Gasteiger partial charge in [-0.1, -0.05) is 0 Å². The molecule has 0 radical (unpaired) electrons. The van der Waals surface area contributed by atoms with E-state index >= 15 is 0 Å². The van der Waals surface area contributed by atoms with Crippen LogP contribution in [0.25, 0.3) is 20.8 Å². The van der Waals surface area contributed by atoms with Gasteiger partial charge in [0.2, 0.25) is 5.95 Å². The maximum atomic E-state index is 13.4. The van der Waals surface area contributed by atoms with E-state index in [1.165, 1.54) is 0 Å². The first-order valence-corrected chi connectivity index (χ1v) is 12.3. The van der Waals surface area contributed by atoms with Crippen LogP contribution in [0.5, 0.6) is 0 Å². The summed E-state index contributed by atoms with van der Waals surface area (Å²) in [7, 11) is 0. The monoisotopic (exact) mass is 453 g/mol. The number of H-pyrrole nitrogens is 1. The molecule has 2 saturated heterocycles. The molecule has 0 unspecified atom stereocenters. The first-order valence-electron chi connectivity index (χ1n) is 11.5. The molecule has 168 valence electrons. The van der Waals surface area contributed by atoms with Gasteiger partial charge in [-0.2, -0.15) is 4.98 Å². The van der Waals surface area contributed by atoms with Gasteiger partial charge in [0.1, 0.15) is 21.9 Å². The lowest BCUT2D eigenvalue weighted by Crippen LogP contribution is -2.40. The Morgan fingerprint density at radius 3 is 2.84 bits per heavy atom. The van der Waals surface area contributed by atoms with Gasteiger partial charge in [0, 0.05) is 37.8 Å². The van der Waals surface area contributed by atoms with Crippen molar-refractivity contribution in [3.05, 3.63) is 28.3 Å². The number of thiazole rings is 1. The van der Waals surface area contributed by atoms with Crippen LogP contribution in [0.4, 0.5) is 11.8 Å². The fraction of sp³-hybridized carbons (Fsp3) is 0.545. The smallest absolute Gasteiger partial charge is 0.264 e. The number of morpholine rings is 1. The van der Waals surface area contributed by atoms with Crippen molar-refractivity contribution in [1.29, 1.82) is 0 Å². The maximum Gasteiger partial charge on any atom is 0.264 e. The van der Waals surface area contributed by atoms with Crippen LogP contribution in [-0.4, -0.2) is 65.4 Å². The van der Waals surface area contributed by atoms with Crippen LogP contribution in [0, 0.1) is 0 Å². The van der Waals surface area contributed by atoms with Crippen LogP contribution in [0.3, 0.4) is 0 Å². The summed E-state index contributed by atoms with van der Waals surface area (Å²) in [5.74, 6) is 1.71. The Morgan fingerprint density at radius 2 is 2.06 bits per heavy atom. The normalized spacial score (nSPS) is 21.8. The average molecular weight is 454 g/mol. The Bertz CT molecular complexity index is 1180. The van der Waals surface area contributed by atoms with Crippen molar-refractivity contribution < 1.29 is 4.74 Å². The van der Waals surface area contributed by atoms with Gasteiger partial charge in [0.05, 0.1) is 23.6 Å². The van der Waals surface area contributed by atoms with Crippen LogP contribution in [0.1, 0.15) is 37.3 Å². The van der Waals surface area contributed by atoms with Crippen molar-refractivity contribution in [2.45, 2.75) is 37.6 Å². The molecule has 3 fully saturated rings. The standard InChI is InChI=1S/C22H27N7O2S/c30-20-16(21-26-18-15(32-21)5-7-24-17(18)13-3-4-13)19(25-14-2-1-6-23-12-14)27-22(28-20)29-8-10-31-11-9-29/h5,7,13-14,23H,1-4,6,8-12H2,(H2,25,27,28,30)/t14-/m1/s1. The molecule has 1 aliphatic carbocycles. The lowest BCUT2D eigenvalue weighted by atomic mass is 10.1. The lowest BCUT2D eigenvalue weighted by Gasteiger charge is -2.29.